The monoisotopic (exact) mass is 386 g/mol. The van der Waals surface area contributed by atoms with Crippen LogP contribution in [0.2, 0.25) is 0 Å². The maximum absolute atomic E-state index is 13.7. The molecule has 4 rings (SSSR count). The molecule has 2 aliphatic rings. The van der Waals surface area contributed by atoms with Crippen LogP contribution in [0.1, 0.15) is 50.5 Å². The van der Waals surface area contributed by atoms with E-state index >= 15 is 0 Å². The van der Waals surface area contributed by atoms with E-state index in [0.29, 0.717) is 12.0 Å². The molecule has 1 aromatic carbocycles. The molecule has 1 unspecified atom stereocenters. The number of aromatic nitrogens is 1. The molecule has 1 atom stereocenters. The average Bonchev–Trinajstić information content (AvgIpc) is 3.18. The van der Waals surface area contributed by atoms with Crippen molar-refractivity contribution in [1.82, 2.24) is 9.88 Å². The van der Waals surface area contributed by atoms with E-state index in [2.05, 4.69) is 29.1 Å². The van der Waals surface area contributed by atoms with Gasteiger partial charge in [-0.3, -0.25) is 4.98 Å². The minimum atomic E-state index is -0.175. The van der Waals surface area contributed by atoms with Crippen LogP contribution in [0.25, 0.3) is 10.9 Å². The Morgan fingerprint density at radius 3 is 2.81 bits per heavy atom. The Labute approximate surface area is 165 Å². The number of hydrogen-bond acceptors (Lipinski definition) is 4. The molecule has 2 aromatic rings. The summed E-state index contributed by atoms with van der Waals surface area (Å²) >= 11 is 1.77. The number of hydrogen-bond donors (Lipinski definition) is 0. The molecule has 0 spiro atoms. The van der Waals surface area contributed by atoms with Gasteiger partial charge in [0.15, 0.2) is 5.09 Å². The predicted octanol–water partition coefficient (Wildman–Crippen LogP) is 5.88. The largest absolute Gasteiger partial charge is 0.489 e. The third-order valence-corrected chi connectivity index (χ3v) is 7.08. The molecule has 27 heavy (non-hydrogen) atoms. The van der Waals surface area contributed by atoms with Gasteiger partial charge in [0.2, 0.25) is 0 Å². The predicted molar refractivity (Wildman–Crippen MR) is 110 cm³/mol. The number of thioether (sulfide) groups is 1. The minimum Gasteiger partial charge on any atom is -0.489 e. The Kier molecular flexibility index (Phi) is 5.58. The number of halogens is 1. The fourth-order valence-electron chi connectivity index (χ4n) is 4.54. The molecule has 144 valence electrons. The summed E-state index contributed by atoms with van der Waals surface area (Å²) < 4.78 is 19.1. The quantitative estimate of drug-likeness (QED) is 0.641. The van der Waals surface area contributed by atoms with Gasteiger partial charge in [0.05, 0.1) is 18.5 Å². The normalized spacial score (nSPS) is 24.1. The Morgan fingerprint density at radius 1 is 1.26 bits per heavy atom. The summed E-state index contributed by atoms with van der Waals surface area (Å²) in [5.41, 5.74) is 2.17. The standard InChI is InChI=1S/C22H27FN2OS/c1-15(25-13-22(26-2)27-14-25)11-16-3-5-17(6-4-16)19-9-10-24-21-8-7-18(23)12-20(19)21/h7-10,12-13,15-17H,3-6,11,14H2,1-2H3/t15?,16-,17+. The third-order valence-electron chi connectivity index (χ3n) is 6.09. The maximum Gasteiger partial charge on any atom is 0.170 e. The molecular weight excluding hydrogens is 359 g/mol. The van der Waals surface area contributed by atoms with Crippen molar-refractivity contribution >= 4 is 22.7 Å². The van der Waals surface area contributed by atoms with Crippen LogP contribution in [0.3, 0.4) is 0 Å². The molecule has 3 nitrogen and oxygen atoms in total. The first-order chi connectivity index (χ1) is 13.1. The molecule has 0 bridgehead atoms. The number of pyridine rings is 1. The molecule has 1 aromatic heterocycles. The van der Waals surface area contributed by atoms with Crippen LogP contribution >= 0.6 is 11.8 Å². The van der Waals surface area contributed by atoms with E-state index in [-0.39, 0.29) is 5.82 Å². The molecule has 0 amide bonds. The summed E-state index contributed by atoms with van der Waals surface area (Å²) in [6, 6.07) is 7.57. The molecule has 1 fully saturated rings. The summed E-state index contributed by atoms with van der Waals surface area (Å²) in [5.74, 6) is 2.11. The van der Waals surface area contributed by atoms with Crippen LogP contribution in [-0.4, -0.2) is 28.9 Å². The van der Waals surface area contributed by atoms with E-state index in [1.165, 1.54) is 43.7 Å². The Balaban J connectivity index is 1.38. The first-order valence-electron chi connectivity index (χ1n) is 9.82. The second kappa shape index (κ2) is 8.09. The number of methoxy groups -OCH3 is 1. The molecule has 0 radical (unpaired) electrons. The Hall–Kier alpha value is -1.75. The number of nitrogens with zero attached hydrogens (tertiary/aromatic N) is 2. The van der Waals surface area contributed by atoms with E-state index in [4.69, 9.17) is 4.74 Å². The van der Waals surface area contributed by atoms with E-state index in [1.54, 1.807) is 31.0 Å². The number of rotatable bonds is 5. The topological polar surface area (TPSA) is 25.4 Å². The van der Waals surface area contributed by atoms with Gasteiger partial charge < -0.3 is 9.64 Å². The molecule has 0 saturated heterocycles. The van der Waals surface area contributed by atoms with Gasteiger partial charge in [-0.1, -0.05) is 11.8 Å². The van der Waals surface area contributed by atoms with Gasteiger partial charge in [-0.2, -0.15) is 0 Å². The van der Waals surface area contributed by atoms with Gasteiger partial charge in [0, 0.05) is 23.8 Å². The number of benzene rings is 1. The number of fused-ring (bicyclic) bond motifs is 1. The fourth-order valence-corrected chi connectivity index (χ4v) is 5.47. The van der Waals surface area contributed by atoms with Crippen molar-refractivity contribution in [3.8, 4) is 0 Å². The van der Waals surface area contributed by atoms with Gasteiger partial charge in [0.1, 0.15) is 5.82 Å². The highest BCUT2D eigenvalue weighted by Crippen LogP contribution is 2.40. The van der Waals surface area contributed by atoms with E-state index in [1.807, 2.05) is 6.20 Å². The van der Waals surface area contributed by atoms with Crippen molar-refractivity contribution in [3.63, 3.8) is 0 Å². The highest BCUT2D eigenvalue weighted by Gasteiger charge is 2.27. The van der Waals surface area contributed by atoms with Crippen LogP contribution in [0.15, 0.2) is 41.8 Å². The van der Waals surface area contributed by atoms with Crippen LogP contribution in [0.4, 0.5) is 4.39 Å². The smallest absolute Gasteiger partial charge is 0.170 e. The van der Waals surface area contributed by atoms with E-state index in [9.17, 15) is 4.39 Å². The SMILES string of the molecule is COC1=CN(C(C)C[C@H]2CC[C@@H](c3ccnc4ccc(F)cc43)CC2)CS1. The first-order valence-corrected chi connectivity index (χ1v) is 10.8. The second-order valence-electron chi connectivity index (χ2n) is 7.80. The summed E-state index contributed by atoms with van der Waals surface area (Å²) in [6.45, 7) is 2.32. The van der Waals surface area contributed by atoms with Crippen molar-refractivity contribution in [2.24, 2.45) is 5.92 Å². The van der Waals surface area contributed by atoms with Gasteiger partial charge in [-0.05, 0) is 80.7 Å². The van der Waals surface area contributed by atoms with Gasteiger partial charge in [-0.15, -0.1) is 0 Å². The fraction of sp³-hybridized carbons (Fsp3) is 0.500. The Bertz CT molecular complexity index is 832. The molecule has 5 heteroatoms. The van der Waals surface area contributed by atoms with E-state index < -0.39 is 0 Å². The highest BCUT2D eigenvalue weighted by molar-refractivity contribution is 8.03. The van der Waals surface area contributed by atoms with Crippen LogP contribution in [0.5, 0.6) is 0 Å². The van der Waals surface area contributed by atoms with Crippen molar-refractivity contribution in [2.75, 3.05) is 13.0 Å². The number of ether oxygens (including phenoxy) is 1. The van der Waals surface area contributed by atoms with Crippen molar-refractivity contribution in [2.45, 2.75) is 51.0 Å². The van der Waals surface area contributed by atoms with Crippen LogP contribution in [0, 0.1) is 11.7 Å². The molecule has 0 N–H and O–H groups in total. The zero-order valence-corrected chi connectivity index (χ0v) is 16.8. The van der Waals surface area contributed by atoms with Crippen molar-refractivity contribution in [3.05, 3.63) is 53.1 Å². The van der Waals surface area contributed by atoms with Gasteiger partial charge in [-0.25, -0.2) is 4.39 Å². The van der Waals surface area contributed by atoms with Gasteiger partial charge >= 0.3 is 0 Å². The molecule has 1 aliphatic heterocycles. The lowest BCUT2D eigenvalue weighted by Gasteiger charge is -2.33. The van der Waals surface area contributed by atoms with Crippen LogP contribution in [-0.2, 0) is 4.74 Å². The summed E-state index contributed by atoms with van der Waals surface area (Å²) in [4.78, 5) is 6.80. The van der Waals surface area contributed by atoms with Crippen molar-refractivity contribution in [1.29, 1.82) is 0 Å². The van der Waals surface area contributed by atoms with Crippen LogP contribution < -0.4 is 0 Å². The molecule has 1 saturated carbocycles. The maximum atomic E-state index is 13.7. The minimum absolute atomic E-state index is 0.175. The lowest BCUT2D eigenvalue weighted by molar-refractivity contribution is 0.230. The molecular formula is C22H27FN2OS. The third kappa shape index (κ3) is 4.08. The first kappa shape index (κ1) is 18.6. The average molecular weight is 387 g/mol. The zero-order chi connectivity index (χ0) is 18.8. The van der Waals surface area contributed by atoms with E-state index in [0.717, 1.165) is 27.8 Å². The molecule has 2 heterocycles. The second-order valence-corrected chi connectivity index (χ2v) is 8.75. The zero-order valence-electron chi connectivity index (χ0n) is 16.0. The lowest BCUT2D eigenvalue weighted by Crippen LogP contribution is -2.29. The summed E-state index contributed by atoms with van der Waals surface area (Å²) in [6.07, 6.45) is 10.1. The summed E-state index contributed by atoms with van der Waals surface area (Å²) in [7, 11) is 1.74. The van der Waals surface area contributed by atoms with Crippen molar-refractivity contribution < 1.29 is 9.13 Å². The summed E-state index contributed by atoms with van der Waals surface area (Å²) in [5, 5.41) is 2.00. The lowest BCUT2D eigenvalue weighted by atomic mass is 9.76. The Morgan fingerprint density at radius 2 is 2.07 bits per heavy atom. The van der Waals surface area contributed by atoms with Gasteiger partial charge in [0.25, 0.3) is 0 Å². The molecule has 1 aliphatic carbocycles. The highest BCUT2D eigenvalue weighted by atomic mass is 32.2.